The molecule has 0 N–H and O–H groups in total. The standard InChI is InChI=1S/C77H132O6/c1-4-7-10-13-16-18-20-22-24-26-28-30-32-34-35-36-37-38-39-40-41-43-44-46-48-50-52-54-56-58-61-64-67-70-76(79)82-73-74(72-81-75(78)69-66-63-60-15-12-9-6-3)83-77(80)71-68-65-62-59-57-55-53-51-49-47-45-42-33-31-29-27-25-23-21-19-17-14-11-8-5-2/h7-8,10-11,16-19,22-25,28-31,34-35,74H,4-6,9,12-15,20-21,26-27,32-33,36-73H2,1-3H3/b10-7-,11-8-,18-16-,19-17-,24-22-,25-23-,30-28-,31-29-,35-34-. The summed E-state index contributed by atoms with van der Waals surface area (Å²) in [5, 5.41) is 0. The zero-order valence-corrected chi connectivity index (χ0v) is 54.7. The van der Waals surface area contributed by atoms with Crippen molar-refractivity contribution in [3.63, 3.8) is 0 Å². The Kier molecular flexibility index (Phi) is 67.2. The molecule has 6 nitrogen and oxygen atoms in total. The van der Waals surface area contributed by atoms with Crippen LogP contribution in [0, 0.1) is 0 Å². The van der Waals surface area contributed by atoms with Crippen LogP contribution in [0.15, 0.2) is 109 Å². The van der Waals surface area contributed by atoms with Crippen molar-refractivity contribution in [2.45, 2.75) is 348 Å². The number of allylic oxidation sites excluding steroid dienone is 18. The Hall–Kier alpha value is -3.93. The van der Waals surface area contributed by atoms with E-state index in [0.717, 1.165) is 116 Å². The number of hydrogen-bond donors (Lipinski definition) is 0. The van der Waals surface area contributed by atoms with E-state index >= 15 is 0 Å². The van der Waals surface area contributed by atoms with Gasteiger partial charge >= 0.3 is 17.9 Å². The van der Waals surface area contributed by atoms with E-state index in [-0.39, 0.29) is 31.1 Å². The molecule has 0 bridgehead atoms. The Balaban J connectivity index is 4.04. The lowest BCUT2D eigenvalue weighted by Gasteiger charge is -2.18. The molecule has 0 rings (SSSR count). The summed E-state index contributed by atoms with van der Waals surface area (Å²) < 4.78 is 16.9. The summed E-state index contributed by atoms with van der Waals surface area (Å²) in [5.74, 6) is -0.869. The monoisotopic (exact) mass is 1150 g/mol. The van der Waals surface area contributed by atoms with Crippen molar-refractivity contribution in [1.29, 1.82) is 0 Å². The number of hydrogen-bond acceptors (Lipinski definition) is 6. The van der Waals surface area contributed by atoms with Gasteiger partial charge < -0.3 is 14.2 Å². The smallest absolute Gasteiger partial charge is 0.306 e. The minimum Gasteiger partial charge on any atom is -0.462 e. The van der Waals surface area contributed by atoms with Gasteiger partial charge in [-0.15, -0.1) is 0 Å². The van der Waals surface area contributed by atoms with E-state index in [4.69, 9.17) is 14.2 Å². The Morgan fingerprint density at radius 1 is 0.253 bits per heavy atom. The highest BCUT2D eigenvalue weighted by atomic mass is 16.6. The van der Waals surface area contributed by atoms with E-state index in [1.165, 1.54) is 186 Å². The zero-order valence-electron chi connectivity index (χ0n) is 54.7. The Labute approximate surface area is 514 Å². The highest BCUT2D eigenvalue weighted by Gasteiger charge is 2.19. The van der Waals surface area contributed by atoms with Gasteiger partial charge in [0.2, 0.25) is 0 Å². The number of rotatable bonds is 64. The zero-order chi connectivity index (χ0) is 59.9. The second-order valence-electron chi connectivity index (χ2n) is 23.4. The van der Waals surface area contributed by atoms with Gasteiger partial charge in [0.15, 0.2) is 6.10 Å². The minimum atomic E-state index is -0.776. The molecule has 6 heteroatoms. The van der Waals surface area contributed by atoms with Crippen molar-refractivity contribution < 1.29 is 28.6 Å². The first kappa shape index (κ1) is 79.1. The van der Waals surface area contributed by atoms with E-state index in [9.17, 15) is 14.4 Å². The van der Waals surface area contributed by atoms with Gasteiger partial charge in [0, 0.05) is 19.3 Å². The Morgan fingerprint density at radius 2 is 0.470 bits per heavy atom. The lowest BCUT2D eigenvalue weighted by Crippen LogP contribution is -2.30. The molecule has 0 heterocycles. The number of ether oxygens (including phenoxy) is 3. The van der Waals surface area contributed by atoms with Crippen molar-refractivity contribution in [3.8, 4) is 0 Å². The molecule has 0 amide bonds. The molecule has 1 atom stereocenters. The third kappa shape index (κ3) is 68.7. The van der Waals surface area contributed by atoms with Crippen LogP contribution < -0.4 is 0 Å². The summed E-state index contributed by atoms with van der Waals surface area (Å²) in [6.07, 6.45) is 97.2. The van der Waals surface area contributed by atoms with Crippen molar-refractivity contribution in [2.24, 2.45) is 0 Å². The lowest BCUT2D eigenvalue weighted by atomic mass is 10.0. The molecule has 0 aliphatic carbocycles. The predicted octanol–water partition coefficient (Wildman–Crippen LogP) is 24.6. The Bertz CT molecular complexity index is 1660. The fraction of sp³-hybridized carbons (Fsp3) is 0.727. The predicted molar refractivity (Wildman–Crippen MR) is 362 cm³/mol. The molecular weight excluding hydrogens is 1020 g/mol. The van der Waals surface area contributed by atoms with Crippen molar-refractivity contribution >= 4 is 17.9 Å². The Morgan fingerprint density at radius 3 is 0.735 bits per heavy atom. The fourth-order valence-corrected chi connectivity index (χ4v) is 10.1. The molecule has 0 aliphatic rings. The normalized spacial score (nSPS) is 12.8. The molecule has 83 heavy (non-hydrogen) atoms. The topological polar surface area (TPSA) is 78.9 Å². The van der Waals surface area contributed by atoms with Gasteiger partial charge in [-0.25, -0.2) is 0 Å². The SMILES string of the molecule is CC/C=C\C/C=C\C/C=C\C/C=C\C/C=C\CCCCCCCCCCCCCCCCCCCC(=O)OCC(COC(=O)CCCCCCCCC)OC(=O)CCCCCCCCCCCCCC/C=C\C/C=C\C/C=C\C/C=C\CC. The first-order chi connectivity index (χ1) is 41.0. The summed E-state index contributed by atoms with van der Waals surface area (Å²) >= 11 is 0. The molecule has 0 aromatic carbocycles. The van der Waals surface area contributed by atoms with Gasteiger partial charge in [-0.05, 0) is 103 Å². The quantitative estimate of drug-likeness (QED) is 0.0261. The van der Waals surface area contributed by atoms with Crippen molar-refractivity contribution in [2.75, 3.05) is 13.2 Å². The molecule has 0 saturated heterocycles. The van der Waals surface area contributed by atoms with Gasteiger partial charge in [0.05, 0.1) is 0 Å². The van der Waals surface area contributed by atoms with Crippen LogP contribution in [0.2, 0.25) is 0 Å². The number of esters is 3. The van der Waals surface area contributed by atoms with Crippen LogP contribution in [0.5, 0.6) is 0 Å². The molecule has 0 fully saturated rings. The molecule has 0 aliphatic heterocycles. The third-order valence-electron chi connectivity index (χ3n) is 15.3. The minimum absolute atomic E-state index is 0.0746. The van der Waals surface area contributed by atoms with Crippen LogP contribution in [0.1, 0.15) is 342 Å². The van der Waals surface area contributed by atoms with Crippen LogP contribution in [0.3, 0.4) is 0 Å². The molecule has 1 unspecified atom stereocenters. The van der Waals surface area contributed by atoms with Gasteiger partial charge in [0.1, 0.15) is 13.2 Å². The summed E-state index contributed by atoms with van der Waals surface area (Å²) in [5.41, 5.74) is 0. The summed E-state index contributed by atoms with van der Waals surface area (Å²) in [7, 11) is 0. The summed E-state index contributed by atoms with van der Waals surface area (Å²) in [6.45, 7) is 6.41. The van der Waals surface area contributed by atoms with E-state index in [1.807, 2.05) is 0 Å². The van der Waals surface area contributed by atoms with Crippen molar-refractivity contribution in [1.82, 2.24) is 0 Å². The van der Waals surface area contributed by atoms with Crippen molar-refractivity contribution in [3.05, 3.63) is 109 Å². The van der Waals surface area contributed by atoms with E-state index < -0.39 is 6.10 Å². The maximum atomic E-state index is 12.9. The molecule has 0 aromatic heterocycles. The van der Waals surface area contributed by atoms with Crippen LogP contribution in [0.4, 0.5) is 0 Å². The number of carbonyl (C=O) groups excluding carboxylic acids is 3. The van der Waals surface area contributed by atoms with Crippen LogP contribution >= 0.6 is 0 Å². The van der Waals surface area contributed by atoms with E-state index in [0.29, 0.717) is 19.3 Å². The maximum Gasteiger partial charge on any atom is 0.306 e. The molecule has 0 saturated carbocycles. The fourth-order valence-electron chi connectivity index (χ4n) is 10.1. The summed E-state index contributed by atoms with van der Waals surface area (Å²) in [4.78, 5) is 38.2. The highest BCUT2D eigenvalue weighted by molar-refractivity contribution is 5.71. The molecule has 0 spiro atoms. The molecule has 476 valence electrons. The second kappa shape index (κ2) is 70.6. The maximum absolute atomic E-state index is 12.9. The van der Waals surface area contributed by atoms with Gasteiger partial charge in [-0.2, -0.15) is 0 Å². The van der Waals surface area contributed by atoms with Crippen LogP contribution in [-0.4, -0.2) is 37.2 Å². The van der Waals surface area contributed by atoms with Crippen LogP contribution in [-0.2, 0) is 28.6 Å². The third-order valence-corrected chi connectivity index (χ3v) is 15.3. The first-order valence-corrected chi connectivity index (χ1v) is 35.4. The van der Waals surface area contributed by atoms with E-state index in [2.05, 4.69) is 130 Å². The largest absolute Gasteiger partial charge is 0.462 e. The van der Waals surface area contributed by atoms with Gasteiger partial charge in [0.25, 0.3) is 0 Å². The number of unbranched alkanes of at least 4 members (excludes halogenated alkanes) is 35. The lowest BCUT2D eigenvalue weighted by molar-refractivity contribution is -0.167. The number of carbonyl (C=O) groups is 3. The molecule has 0 aromatic rings. The van der Waals surface area contributed by atoms with Gasteiger partial charge in [-0.3, -0.25) is 14.4 Å². The van der Waals surface area contributed by atoms with E-state index in [1.54, 1.807) is 0 Å². The van der Waals surface area contributed by atoms with Gasteiger partial charge in [-0.1, -0.05) is 329 Å². The molecular formula is C77H132O6. The summed E-state index contributed by atoms with van der Waals surface area (Å²) in [6, 6.07) is 0. The average molecular weight is 1150 g/mol. The molecule has 0 radical (unpaired) electrons. The average Bonchev–Trinajstić information content (AvgIpc) is 3.50. The highest BCUT2D eigenvalue weighted by Crippen LogP contribution is 2.18. The van der Waals surface area contributed by atoms with Crippen LogP contribution in [0.25, 0.3) is 0 Å². The second-order valence-corrected chi connectivity index (χ2v) is 23.4. The first-order valence-electron chi connectivity index (χ1n) is 35.4.